The largest absolute Gasteiger partial charge is 0.394 e. The molecule has 0 bridgehead atoms. The molecule has 9 heteroatoms. The van der Waals surface area contributed by atoms with Gasteiger partial charge in [-0.15, -0.1) is 0 Å². The molecule has 3 N–H and O–H groups in total. The number of aliphatic hydroxyl groups is 3. The van der Waals surface area contributed by atoms with Gasteiger partial charge in [0.05, 0.1) is 18.3 Å². The smallest absolute Gasteiger partial charge is 0.389 e. The van der Waals surface area contributed by atoms with Crippen LogP contribution in [0.25, 0.3) is 0 Å². The summed E-state index contributed by atoms with van der Waals surface area (Å²) in [5, 5.41) is 29.0. The number of ether oxygens (including phenoxy) is 1. The van der Waals surface area contributed by atoms with Gasteiger partial charge in [-0.3, -0.25) is 4.99 Å². The van der Waals surface area contributed by atoms with E-state index < -0.39 is 42.4 Å². The average molecular weight is 301 g/mol. The molecule has 2 aliphatic rings. The number of thioether (sulfide) groups is 1. The molecule has 19 heavy (non-hydrogen) atoms. The van der Waals surface area contributed by atoms with E-state index in [4.69, 9.17) is 4.74 Å². The van der Waals surface area contributed by atoms with E-state index in [9.17, 15) is 28.5 Å². The lowest BCUT2D eigenvalue weighted by molar-refractivity contribution is -0.150. The highest BCUT2D eigenvalue weighted by atomic mass is 32.2. The van der Waals surface area contributed by atoms with Gasteiger partial charge in [-0.25, -0.2) is 0 Å². The Bertz CT molecular complexity index is 378. The Morgan fingerprint density at radius 2 is 2.11 bits per heavy atom. The zero-order valence-corrected chi connectivity index (χ0v) is 10.6. The van der Waals surface area contributed by atoms with Crippen molar-refractivity contribution in [2.24, 2.45) is 4.99 Å². The normalized spacial score (nSPS) is 39.1. The first-order valence-corrected chi connectivity index (χ1v) is 6.57. The van der Waals surface area contributed by atoms with Crippen LogP contribution in [0.3, 0.4) is 0 Å². The molecule has 0 amide bonds. The fraction of sp³-hybridized carbons (Fsp3) is 0.900. The van der Waals surface area contributed by atoms with Crippen LogP contribution >= 0.6 is 11.8 Å². The van der Waals surface area contributed by atoms with E-state index in [-0.39, 0.29) is 18.1 Å². The van der Waals surface area contributed by atoms with Gasteiger partial charge in [-0.1, -0.05) is 11.8 Å². The van der Waals surface area contributed by atoms with E-state index in [1.807, 2.05) is 0 Å². The minimum Gasteiger partial charge on any atom is -0.394 e. The molecule has 0 radical (unpaired) electrons. The topological polar surface area (TPSA) is 82.3 Å². The zero-order valence-electron chi connectivity index (χ0n) is 9.80. The first kappa shape index (κ1) is 15.0. The zero-order chi connectivity index (χ0) is 14.3. The van der Waals surface area contributed by atoms with E-state index in [2.05, 4.69) is 4.99 Å². The number of fused-ring (bicyclic) bond motifs is 1. The monoisotopic (exact) mass is 301 g/mol. The van der Waals surface area contributed by atoms with Crippen molar-refractivity contribution in [1.82, 2.24) is 0 Å². The van der Waals surface area contributed by atoms with Gasteiger partial charge >= 0.3 is 6.18 Å². The van der Waals surface area contributed by atoms with Crippen molar-refractivity contribution in [3.05, 3.63) is 0 Å². The first-order valence-electron chi connectivity index (χ1n) is 5.69. The molecule has 0 spiro atoms. The Morgan fingerprint density at radius 3 is 2.68 bits per heavy atom. The second-order valence-electron chi connectivity index (χ2n) is 4.57. The van der Waals surface area contributed by atoms with Crippen LogP contribution in [-0.2, 0) is 4.74 Å². The standard InChI is InChI=1S/C10H14F3NO4S/c11-10(12,13)2-1-6-14-9(4-15)7(17)5(16)3-18-8(9)19-6/h5,7-8,15-17H,1-4H2. The number of nitrogens with zero attached hydrogens (tertiary/aromatic N) is 1. The van der Waals surface area contributed by atoms with Crippen LogP contribution in [0.2, 0.25) is 0 Å². The maximum Gasteiger partial charge on any atom is 0.389 e. The molecule has 1 fully saturated rings. The third kappa shape index (κ3) is 2.89. The van der Waals surface area contributed by atoms with Gasteiger partial charge in [0, 0.05) is 12.8 Å². The van der Waals surface area contributed by atoms with Crippen molar-refractivity contribution in [3.8, 4) is 0 Å². The second kappa shape index (κ2) is 5.21. The van der Waals surface area contributed by atoms with Crippen LogP contribution in [0.15, 0.2) is 4.99 Å². The molecular weight excluding hydrogens is 287 g/mol. The van der Waals surface area contributed by atoms with Crippen LogP contribution in [0, 0.1) is 0 Å². The Morgan fingerprint density at radius 1 is 1.42 bits per heavy atom. The molecule has 0 aromatic rings. The van der Waals surface area contributed by atoms with Crippen molar-refractivity contribution in [1.29, 1.82) is 0 Å². The van der Waals surface area contributed by atoms with Crippen molar-refractivity contribution < 1.29 is 33.2 Å². The Hall–Kier alpha value is -0.350. The molecule has 0 aromatic carbocycles. The number of aliphatic imine (C=N–C) groups is 1. The van der Waals surface area contributed by atoms with Crippen molar-refractivity contribution in [2.75, 3.05) is 13.2 Å². The molecule has 2 heterocycles. The summed E-state index contributed by atoms with van der Waals surface area (Å²) < 4.78 is 41.7. The second-order valence-corrected chi connectivity index (χ2v) is 5.70. The molecule has 5 nitrogen and oxygen atoms in total. The van der Waals surface area contributed by atoms with E-state index in [0.717, 1.165) is 11.8 Å². The molecule has 0 aromatic heterocycles. The maximum atomic E-state index is 12.2. The minimum absolute atomic E-state index is 0.136. The molecule has 1 saturated heterocycles. The van der Waals surface area contributed by atoms with Gasteiger partial charge in [-0.05, 0) is 0 Å². The molecule has 4 unspecified atom stereocenters. The number of alkyl halides is 3. The summed E-state index contributed by atoms with van der Waals surface area (Å²) in [5.41, 5.74) is -2.23. The third-order valence-electron chi connectivity index (χ3n) is 3.15. The fourth-order valence-corrected chi connectivity index (χ4v) is 3.40. The number of hydrogen-bond acceptors (Lipinski definition) is 6. The number of halogens is 3. The van der Waals surface area contributed by atoms with Crippen LogP contribution in [-0.4, -0.2) is 62.9 Å². The van der Waals surface area contributed by atoms with Crippen molar-refractivity contribution in [2.45, 2.75) is 42.2 Å². The molecular formula is C10H14F3NO4S. The van der Waals surface area contributed by atoms with Crippen molar-refractivity contribution in [3.63, 3.8) is 0 Å². The highest BCUT2D eigenvalue weighted by molar-refractivity contribution is 8.14. The summed E-state index contributed by atoms with van der Waals surface area (Å²) in [6, 6.07) is 0. The highest BCUT2D eigenvalue weighted by Crippen LogP contribution is 2.44. The van der Waals surface area contributed by atoms with Crippen LogP contribution < -0.4 is 0 Å². The molecule has 0 aliphatic carbocycles. The third-order valence-corrected chi connectivity index (χ3v) is 4.48. The van der Waals surface area contributed by atoms with Gasteiger partial charge in [0.1, 0.15) is 23.2 Å². The SMILES string of the molecule is OCC12N=C(CCC(F)(F)F)SC1OCC(O)C2O. The van der Waals surface area contributed by atoms with Crippen LogP contribution in [0.5, 0.6) is 0 Å². The lowest BCUT2D eigenvalue weighted by Gasteiger charge is -2.41. The molecule has 2 rings (SSSR count). The van der Waals surface area contributed by atoms with Gasteiger partial charge in [0.15, 0.2) is 0 Å². The van der Waals surface area contributed by atoms with E-state index >= 15 is 0 Å². The fourth-order valence-electron chi connectivity index (χ4n) is 2.10. The van der Waals surface area contributed by atoms with Crippen LogP contribution in [0.1, 0.15) is 12.8 Å². The van der Waals surface area contributed by atoms with Crippen molar-refractivity contribution >= 4 is 16.8 Å². The van der Waals surface area contributed by atoms with Gasteiger partial charge in [0.25, 0.3) is 0 Å². The number of rotatable bonds is 3. The lowest BCUT2D eigenvalue weighted by atomic mass is 9.89. The maximum absolute atomic E-state index is 12.2. The summed E-state index contributed by atoms with van der Waals surface area (Å²) in [6.07, 6.45) is -8.20. The predicted octanol–water partition coefficient (Wildman–Crippen LogP) is 0.283. The Kier molecular flexibility index (Phi) is 4.12. The summed E-state index contributed by atoms with van der Waals surface area (Å²) in [6.45, 7) is -0.735. The summed E-state index contributed by atoms with van der Waals surface area (Å²) >= 11 is 0.961. The lowest BCUT2D eigenvalue weighted by Crippen LogP contribution is -2.61. The number of hydrogen-bond donors (Lipinski definition) is 3. The first-order chi connectivity index (χ1) is 8.78. The molecule has 110 valence electrons. The highest BCUT2D eigenvalue weighted by Gasteiger charge is 2.56. The Balaban J connectivity index is 2.13. The van der Waals surface area contributed by atoms with E-state index in [0.29, 0.717) is 0 Å². The molecule has 0 saturated carbocycles. The van der Waals surface area contributed by atoms with E-state index in [1.165, 1.54) is 0 Å². The van der Waals surface area contributed by atoms with Gasteiger partial charge < -0.3 is 20.1 Å². The predicted molar refractivity (Wildman–Crippen MR) is 61.9 cm³/mol. The van der Waals surface area contributed by atoms with E-state index in [1.54, 1.807) is 0 Å². The van der Waals surface area contributed by atoms with Crippen LogP contribution in [0.4, 0.5) is 13.2 Å². The Labute approximate surface area is 111 Å². The minimum atomic E-state index is -4.29. The quantitative estimate of drug-likeness (QED) is 0.698. The number of aliphatic hydroxyl groups excluding tert-OH is 3. The average Bonchev–Trinajstić information content (AvgIpc) is 2.71. The van der Waals surface area contributed by atoms with Gasteiger partial charge in [-0.2, -0.15) is 13.2 Å². The molecule has 2 aliphatic heterocycles. The summed E-state index contributed by atoms with van der Waals surface area (Å²) in [5.74, 6) is 0. The van der Waals surface area contributed by atoms with Gasteiger partial charge in [0.2, 0.25) is 0 Å². The summed E-state index contributed by atoms with van der Waals surface area (Å²) in [4.78, 5) is 3.99. The molecule has 4 atom stereocenters. The summed E-state index contributed by atoms with van der Waals surface area (Å²) in [7, 11) is 0.